The summed E-state index contributed by atoms with van der Waals surface area (Å²) in [5.74, 6) is 1.63. The quantitative estimate of drug-likeness (QED) is 0.621. The fourth-order valence-corrected chi connectivity index (χ4v) is 3.51. The van der Waals surface area contributed by atoms with Crippen LogP contribution in [0.2, 0.25) is 10.0 Å². The smallest absolute Gasteiger partial charge is 0.280 e. The molecular formula is C17H17Cl3N4O3. The number of para-hydroxylation sites is 1. The van der Waals surface area contributed by atoms with E-state index in [2.05, 4.69) is 15.3 Å². The van der Waals surface area contributed by atoms with Crippen LogP contribution >= 0.6 is 35.6 Å². The molecule has 10 heteroatoms. The monoisotopic (exact) mass is 430 g/mol. The molecule has 0 amide bonds. The lowest BCUT2D eigenvalue weighted by Gasteiger charge is -2.17. The molecule has 3 aromatic rings. The Morgan fingerprint density at radius 1 is 1.11 bits per heavy atom. The molecule has 7 nitrogen and oxygen atoms in total. The lowest BCUT2D eigenvalue weighted by atomic mass is 9.99. The number of halogens is 3. The largest absolute Gasteiger partial charge is 0.482 e. The zero-order valence-corrected chi connectivity index (χ0v) is 16.5. The summed E-state index contributed by atoms with van der Waals surface area (Å²) in [5, 5.41) is 8.80. The normalized spacial score (nSPS) is 15.5. The molecule has 1 aliphatic rings. The molecule has 1 aliphatic carbocycles. The Bertz CT molecular complexity index is 902. The SMILES string of the molecule is Cl.NC1(c2noc(-c3cc(COc4c(Cl)cccc4Cl)on3)n2)CCCC1. The van der Waals surface area contributed by atoms with Gasteiger partial charge in [-0.1, -0.05) is 52.4 Å². The third-order valence-electron chi connectivity index (χ3n) is 4.42. The Morgan fingerprint density at radius 2 is 1.81 bits per heavy atom. The molecule has 144 valence electrons. The van der Waals surface area contributed by atoms with Crippen molar-refractivity contribution in [3.05, 3.63) is 45.9 Å². The molecule has 1 fully saturated rings. The average Bonchev–Trinajstić information content (AvgIpc) is 3.34. The molecular weight excluding hydrogens is 415 g/mol. The first-order valence-corrected chi connectivity index (χ1v) is 8.97. The summed E-state index contributed by atoms with van der Waals surface area (Å²) in [6, 6.07) is 6.80. The highest BCUT2D eigenvalue weighted by Gasteiger charge is 2.36. The Labute approximate surface area is 171 Å². The van der Waals surface area contributed by atoms with Gasteiger partial charge in [0, 0.05) is 6.07 Å². The molecule has 2 N–H and O–H groups in total. The van der Waals surface area contributed by atoms with Crippen molar-refractivity contribution in [2.45, 2.75) is 37.8 Å². The molecule has 0 saturated heterocycles. The van der Waals surface area contributed by atoms with Crippen LogP contribution in [0.1, 0.15) is 37.3 Å². The summed E-state index contributed by atoms with van der Waals surface area (Å²) in [6.45, 7) is 0.109. The molecule has 1 saturated carbocycles. The van der Waals surface area contributed by atoms with Gasteiger partial charge in [-0.2, -0.15) is 4.98 Å². The van der Waals surface area contributed by atoms with Crippen LogP contribution in [0.15, 0.2) is 33.3 Å². The van der Waals surface area contributed by atoms with E-state index >= 15 is 0 Å². The molecule has 0 unspecified atom stereocenters. The van der Waals surface area contributed by atoms with Gasteiger partial charge in [-0.15, -0.1) is 12.4 Å². The summed E-state index contributed by atoms with van der Waals surface area (Å²) in [5.41, 5.74) is 6.25. The maximum absolute atomic E-state index is 6.34. The number of ether oxygens (including phenoxy) is 1. The number of benzene rings is 1. The minimum absolute atomic E-state index is 0. The molecule has 2 aromatic heterocycles. The van der Waals surface area contributed by atoms with E-state index in [1.54, 1.807) is 24.3 Å². The Kier molecular flexibility index (Phi) is 5.95. The van der Waals surface area contributed by atoms with E-state index in [1.807, 2.05) is 0 Å². The number of nitrogens with two attached hydrogens (primary N) is 1. The maximum atomic E-state index is 6.34. The first-order chi connectivity index (χ1) is 12.5. The van der Waals surface area contributed by atoms with Crippen LogP contribution in [-0.4, -0.2) is 15.3 Å². The lowest BCUT2D eigenvalue weighted by molar-refractivity contribution is 0.249. The van der Waals surface area contributed by atoms with E-state index in [0.29, 0.717) is 33.1 Å². The highest BCUT2D eigenvalue weighted by Crippen LogP contribution is 2.36. The summed E-state index contributed by atoms with van der Waals surface area (Å²) in [4.78, 5) is 4.39. The first kappa shape index (κ1) is 19.9. The molecule has 1 aromatic carbocycles. The van der Waals surface area contributed by atoms with Crippen LogP contribution in [0.5, 0.6) is 5.75 Å². The average molecular weight is 432 g/mol. The van der Waals surface area contributed by atoms with Crippen molar-refractivity contribution in [3.8, 4) is 17.3 Å². The van der Waals surface area contributed by atoms with Gasteiger partial charge < -0.3 is 19.5 Å². The van der Waals surface area contributed by atoms with Crippen molar-refractivity contribution in [3.63, 3.8) is 0 Å². The molecule has 0 radical (unpaired) electrons. The summed E-state index contributed by atoms with van der Waals surface area (Å²) < 4.78 is 16.2. The molecule has 0 spiro atoms. The first-order valence-electron chi connectivity index (χ1n) is 8.21. The van der Waals surface area contributed by atoms with Crippen molar-refractivity contribution >= 4 is 35.6 Å². The van der Waals surface area contributed by atoms with Gasteiger partial charge in [-0.25, -0.2) is 0 Å². The highest BCUT2D eigenvalue weighted by molar-refractivity contribution is 6.37. The summed E-state index contributed by atoms with van der Waals surface area (Å²) in [7, 11) is 0. The number of aromatic nitrogens is 3. The van der Waals surface area contributed by atoms with Gasteiger partial charge in [-0.05, 0) is 25.0 Å². The number of rotatable bonds is 5. The molecule has 2 heterocycles. The van der Waals surface area contributed by atoms with Gasteiger partial charge in [0.2, 0.25) is 0 Å². The van der Waals surface area contributed by atoms with Crippen molar-refractivity contribution in [1.29, 1.82) is 0 Å². The van der Waals surface area contributed by atoms with Gasteiger partial charge in [-0.3, -0.25) is 0 Å². The minimum Gasteiger partial charge on any atom is -0.482 e. The van der Waals surface area contributed by atoms with Crippen LogP contribution in [0, 0.1) is 0 Å². The fraction of sp³-hybridized carbons (Fsp3) is 0.353. The predicted octanol–water partition coefficient (Wildman–Crippen LogP) is 4.76. The van der Waals surface area contributed by atoms with Crippen LogP contribution in [0.25, 0.3) is 11.6 Å². The fourth-order valence-electron chi connectivity index (χ4n) is 3.00. The number of hydrogen-bond donors (Lipinski definition) is 1. The van der Waals surface area contributed by atoms with Crippen molar-refractivity contribution < 1.29 is 13.8 Å². The highest BCUT2D eigenvalue weighted by atomic mass is 35.5. The van der Waals surface area contributed by atoms with Crippen molar-refractivity contribution in [2.75, 3.05) is 0 Å². The van der Waals surface area contributed by atoms with Gasteiger partial charge in [0.15, 0.2) is 23.0 Å². The van der Waals surface area contributed by atoms with Crippen LogP contribution in [0.4, 0.5) is 0 Å². The van der Waals surface area contributed by atoms with E-state index in [0.717, 1.165) is 25.7 Å². The van der Waals surface area contributed by atoms with E-state index in [-0.39, 0.29) is 24.9 Å². The molecule has 4 rings (SSSR count). The second kappa shape index (κ2) is 8.06. The Hall–Kier alpha value is -1.80. The Morgan fingerprint density at radius 3 is 2.52 bits per heavy atom. The standard InChI is InChI=1S/C17H16Cl2N4O3.ClH/c18-11-4-3-5-12(19)14(11)24-9-10-8-13(22-25-10)15-21-16(23-26-15)17(20)6-1-2-7-17;/h3-5,8H,1-2,6-7,9,20H2;1H. The van der Waals surface area contributed by atoms with E-state index in [4.69, 9.17) is 42.7 Å². The summed E-state index contributed by atoms with van der Waals surface area (Å²) >= 11 is 12.1. The van der Waals surface area contributed by atoms with E-state index in [1.165, 1.54) is 0 Å². The topological polar surface area (TPSA) is 100 Å². The third kappa shape index (κ3) is 4.06. The van der Waals surface area contributed by atoms with Crippen LogP contribution in [0.3, 0.4) is 0 Å². The minimum atomic E-state index is -0.516. The van der Waals surface area contributed by atoms with Gasteiger partial charge in [0.1, 0.15) is 6.61 Å². The lowest BCUT2D eigenvalue weighted by Crippen LogP contribution is -2.34. The van der Waals surface area contributed by atoms with E-state index in [9.17, 15) is 0 Å². The molecule has 0 bridgehead atoms. The van der Waals surface area contributed by atoms with Gasteiger partial charge >= 0.3 is 0 Å². The van der Waals surface area contributed by atoms with Crippen molar-refractivity contribution in [1.82, 2.24) is 15.3 Å². The number of hydrogen-bond acceptors (Lipinski definition) is 7. The predicted molar refractivity (Wildman–Crippen MR) is 102 cm³/mol. The molecule has 0 atom stereocenters. The second-order valence-electron chi connectivity index (χ2n) is 6.30. The third-order valence-corrected chi connectivity index (χ3v) is 5.02. The molecule has 0 aliphatic heterocycles. The maximum Gasteiger partial charge on any atom is 0.280 e. The van der Waals surface area contributed by atoms with Gasteiger partial charge in [0.05, 0.1) is 15.6 Å². The zero-order chi connectivity index (χ0) is 18.1. The summed E-state index contributed by atoms with van der Waals surface area (Å²) in [6.07, 6.45) is 3.83. The zero-order valence-electron chi connectivity index (χ0n) is 14.2. The Balaban J connectivity index is 0.00000210. The second-order valence-corrected chi connectivity index (χ2v) is 7.12. The van der Waals surface area contributed by atoms with E-state index < -0.39 is 5.54 Å². The number of nitrogens with zero attached hydrogens (tertiary/aromatic N) is 3. The van der Waals surface area contributed by atoms with Crippen molar-refractivity contribution in [2.24, 2.45) is 5.73 Å². The van der Waals surface area contributed by atoms with Crippen LogP contribution < -0.4 is 10.5 Å². The van der Waals surface area contributed by atoms with Crippen LogP contribution in [-0.2, 0) is 12.1 Å². The van der Waals surface area contributed by atoms with Gasteiger partial charge in [0.25, 0.3) is 5.89 Å². The molecule has 27 heavy (non-hydrogen) atoms.